The minimum absolute atomic E-state index is 0.198. The van der Waals surface area contributed by atoms with Crippen LogP contribution in [0.1, 0.15) is 23.2 Å². The van der Waals surface area contributed by atoms with E-state index in [1.54, 1.807) is 0 Å². The number of hydrogen-bond acceptors (Lipinski definition) is 6. The molecule has 2 N–H and O–H groups in total. The summed E-state index contributed by atoms with van der Waals surface area (Å²) in [6.07, 6.45) is 0.582. The Balaban J connectivity index is 1.59. The van der Waals surface area contributed by atoms with Crippen molar-refractivity contribution in [2.75, 3.05) is 31.1 Å². The van der Waals surface area contributed by atoms with E-state index < -0.39 is 11.8 Å². The van der Waals surface area contributed by atoms with Crippen molar-refractivity contribution in [1.29, 1.82) is 0 Å². The zero-order chi connectivity index (χ0) is 16.7. The molecule has 3 aliphatic heterocycles. The maximum absolute atomic E-state index is 12.7. The third-order valence-electron chi connectivity index (χ3n) is 4.75. The van der Waals surface area contributed by atoms with Crippen molar-refractivity contribution in [3.63, 3.8) is 0 Å². The molecule has 1 unspecified atom stereocenters. The Morgan fingerprint density at radius 2 is 1.92 bits per heavy atom. The van der Waals surface area contributed by atoms with Gasteiger partial charge in [0, 0.05) is 38.3 Å². The molecule has 1 atom stereocenters. The number of nitrogens with one attached hydrogen (secondary N) is 2. The fourth-order valence-electron chi connectivity index (χ4n) is 3.43. The number of Topliss-reactive ketones (excluding diaryl/α,β-unsaturated/α-hetero) is 1. The topological polar surface area (TPSA) is 90.9 Å². The summed E-state index contributed by atoms with van der Waals surface area (Å²) in [5, 5.41) is 5.59. The largest absolute Gasteiger partial charge is 0.369 e. The highest BCUT2D eigenvalue weighted by atomic mass is 16.2. The number of ketones is 1. The molecule has 2 saturated heterocycles. The number of rotatable bonds is 2. The summed E-state index contributed by atoms with van der Waals surface area (Å²) in [4.78, 5) is 42.7. The van der Waals surface area contributed by atoms with Crippen LogP contribution in [0.25, 0.3) is 0 Å². The van der Waals surface area contributed by atoms with E-state index in [0.29, 0.717) is 17.7 Å². The van der Waals surface area contributed by atoms with Gasteiger partial charge in [-0.3, -0.25) is 19.7 Å². The monoisotopic (exact) mass is 326 g/mol. The van der Waals surface area contributed by atoms with E-state index in [-0.39, 0.29) is 23.8 Å². The smallest absolute Gasteiger partial charge is 0.235 e. The first kappa shape index (κ1) is 15.0. The molecule has 1 aromatic rings. The van der Waals surface area contributed by atoms with Crippen molar-refractivity contribution in [2.24, 2.45) is 10.9 Å². The number of carbonyl (C=O) groups is 3. The number of benzene rings is 1. The highest BCUT2D eigenvalue weighted by Gasteiger charge is 2.38. The molecule has 3 aliphatic rings. The summed E-state index contributed by atoms with van der Waals surface area (Å²) in [7, 11) is 0. The molecule has 7 nitrogen and oxygen atoms in total. The Bertz CT molecular complexity index is 765. The number of amides is 2. The lowest BCUT2D eigenvalue weighted by atomic mass is 9.90. The number of aliphatic imine (C=N–C) groups is 1. The van der Waals surface area contributed by atoms with Gasteiger partial charge in [-0.25, -0.2) is 4.99 Å². The predicted molar refractivity (Wildman–Crippen MR) is 88.8 cm³/mol. The number of anilines is 1. The second kappa shape index (κ2) is 5.83. The van der Waals surface area contributed by atoms with Crippen LogP contribution in [-0.2, 0) is 9.59 Å². The molecule has 0 radical (unpaired) electrons. The highest BCUT2D eigenvalue weighted by Crippen LogP contribution is 2.34. The molecule has 0 aromatic heterocycles. The predicted octanol–water partition coefficient (Wildman–Crippen LogP) is 0.418. The van der Waals surface area contributed by atoms with Gasteiger partial charge in [-0.1, -0.05) is 0 Å². The first-order valence-electron chi connectivity index (χ1n) is 8.20. The van der Waals surface area contributed by atoms with E-state index in [4.69, 9.17) is 0 Å². The van der Waals surface area contributed by atoms with E-state index in [0.717, 1.165) is 31.9 Å². The minimum atomic E-state index is -0.634. The Kier molecular flexibility index (Phi) is 3.65. The molecule has 2 amide bonds. The molecule has 3 heterocycles. The molecule has 124 valence electrons. The zero-order valence-corrected chi connectivity index (χ0v) is 13.2. The first-order valence-corrected chi connectivity index (χ1v) is 8.20. The van der Waals surface area contributed by atoms with Crippen LogP contribution in [0.2, 0.25) is 0 Å². The normalized spacial score (nSPS) is 23.8. The lowest BCUT2D eigenvalue weighted by molar-refractivity contribution is -0.134. The lowest BCUT2D eigenvalue weighted by Crippen LogP contribution is -2.45. The fourth-order valence-corrected chi connectivity index (χ4v) is 3.43. The highest BCUT2D eigenvalue weighted by molar-refractivity contribution is 6.53. The van der Waals surface area contributed by atoms with Gasteiger partial charge in [-0.2, -0.15) is 0 Å². The van der Waals surface area contributed by atoms with Crippen LogP contribution in [-0.4, -0.2) is 49.5 Å². The van der Waals surface area contributed by atoms with E-state index in [9.17, 15) is 14.4 Å². The standard InChI is InChI=1S/C17H18N4O3/c22-14-4-2-11(17(24)20-14)15-16(23)12-9-10(1-3-13(12)19-15)21-7-5-18-6-8-21/h1,3,9,11,18H,2,4-8H2,(H,20,22,24). The molecular weight excluding hydrogens is 308 g/mol. The second-order valence-corrected chi connectivity index (χ2v) is 6.27. The van der Waals surface area contributed by atoms with E-state index >= 15 is 0 Å². The SMILES string of the molecule is O=C1CCC(C2=Nc3ccc(N4CCNCC4)cc3C2=O)C(=O)N1. The summed E-state index contributed by atoms with van der Waals surface area (Å²) in [6.45, 7) is 3.63. The van der Waals surface area contributed by atoms with Gasteiger partial charge in [0.05, 0.1) is 17.2 Å². The Morgan fingerprint density at radius 1 is 1.12 bits per heavy atom. The van der Waals surface area contributed by atoms with Crippen molar-refractivity contribution in [3.05, 3.63) is 23.8 Å². The summed E-state index contributed by atoms with van der Waals surface area (Å²) in [5.41, 5.74) is 2.42. The fraction of sp³-hybridized carbons (Fsp3) is 0.412. The lowest BCUT2D eigenvalue weighted by Gasteiger charge is -2.29. The van der Waals surface area contributed by atoms with E-state index in [1.807, 2.05) is 18.2 Å². The van der Waals surface area contributed by atoms with Crippen LogP contribution in [0, 0.1) is 5.92 Å². The maximum Gasteiger partial charge on any atom is 0.235 e. The molecular formula is C17H18N4O3. The van der Waals surface area contributed by atoms with Crippen molar-refractivity contribution in [3.8, 4) is 0 Å². The van der Waals surface area contributed by atoms with Crippen LogP contribution in [0.5, 0.6) is 0 Å². The number of hydrogen-bond donors (Lipinski definition) is 2. The van der Waals surface area contributed by atoms with Gasteiger partial charge >= 0.3 is 0 Å². The minimum Gasteiger partial charge on any atom is -0.369 e. The summed E-state index contributed by atoms with van der Waals surface area (Å²) in [5.74, 6) is -1.55. The van der Waals surface area contributed by atoms with Crippen LogP contribution in [0.3, 0.4) is 0 Å². The van der Waals surface area contributed by atoms with E-state index in [1.165, 1.54) is 0 Å². The Morgan fingerprint density at radius 3 is 2.67 bits per heavy atom. The number of fused-ring (bicyclic) bond motifs is 1. The van der Waals surface area contributed by atoms with Crippen molar-refractivity contribution in [1.82, 2.24) is 10.6 Å². The molecule has 2 fully saturated rings. The Hall–Kier alpha value is -2.54. The first-order chi connectivity index (χ1) is 11.6. The molecule has 7 heteroatoms. The number of nitrogens with zero attached hydrogens (tertiary/aromatic N) is 2. The molecule has 1 aromatic carbocycles. The average molecular weight is 326 g/mol. The Labute approximate surface area is 139 Å². The number of piperidine rings is 1. The second-order valence-electron chi connectivity index (χ2n) is 6.27. The number of imide groups is 1. The van der Waals surface area contributed by atoms with Gasteiger partial charge in [-0.15, -0.1) is 0 Å². The summed E-state index contributed by atoms with van der Waals surface area (Å²) >= 11 is 0. The quantitative estimate of drug-likeness (QED) is 0.769. The van der Waals surface area contributed by atoms with Crippen molar-refractivity contribution in [2.45, 2.75) is 12.8 Å². The number of carbonyl (C=O) groups excluding carboxylic acids is 3. The van der Waals surface area contributed by atoms with Gasteiger partial charge in [0.1, 0.15) is 5.71 Å². The van der Waals surface area contributed by atoms with Gasteiger partial charge in [0.2, 0.25) is 17.6 Å². The number of piperazine rings is 1. The van der Waals surface area contributed by atoms with Gasteiger partial charge in [-0.05, 0) is 24.6 Å². The maximum atomic E-state index is 12.7. The molecule has 4 rings (SSSR count). The van der Waals surface area contributed by atoms with Crippen molar-refractivity contribution < 1.29 is 14.4 Å². The van der Waals surface area contributed by atoms with Gasteiger partial charge < -0.3 is 10.2 Å². The van der Waals surface area contributed by atoms with Crippen molar-refractivity contribution >= 4 is 34.7 Å². The third kappa shape index (κ3) is 2.50. The molecule has 0 saturated carbocycles. The van der Waals surface area contributed by atoms with Gasteiger partial charge in [0.15, 0.2) is 0 Å². The molecule has 0 bridgehead atoms. The van der Waals surface area contributed by atoms with Crippen LogP contribution in [0.4, 0.5) is 11.4 Å². The average Bonchev–Trinajstić information content (AvgIpc) is 2.92. The van der Waals surface area contributed by atoms with Crippen LogP contribution >= 0.6 is 0 Å². The van der Waals surface area contributed by atoms with Crippen LogP contribution in [0.15, 0.2) is 23.2 Å². The van der Waals surface area contributed by atoms with Crippen LogP contribution < -0.4 is 15.5 Å². The zero-order valence-electron chi connectivity index (χ0n) is 13.2. The van der Waals surface area contributed by atoms with E-state index in [2.05, 4.69) is 20.5 Å². The summed E-state index contributed by atoms with van der Waals surface area (Å²) < 4.78 is 0. The van der Waals surface area contributed by atoms with Gasteiger partial charge in [0.25, 0.3) is 0 Å². The molecule has 0 aliphatic carbocycles. The molecule has 24 heavy (non-hydrogen) atoms. The summed E-state index contributed by atoms with van der Waals surface area (Å²) in [6, 6.07) is 5.67. The third-order valence-corrected chi connectivity index (χ3v) is 4.75. The molecule has 0 spiro atoms.